The molecule has 2 atom stereocenters. The number of rotatable bonds is 2. The molecular weight excluding hydrogens is 410 g/mol. The van der Waals surface area contributed by atoms with Gasteiger partial charge in [-0.1, -0.05) is 50.1 Å². The second-order valence-corrected chi connectivity index (χ2v) is 7.88. The Hall–Kier alpha value is -0.790. The third-order valence-electron chi connectivity index (χ3n) is 2.81. The Balaban J connectivity index is 2.50. The lowest BCUT2D eigenvalue weighted by Crippen LogP contribution is -2.35. The van der Waals surface area contributed by atoms with E-state index < -0.39 is 19.7 Å². The first-order valence-electron chi connectivity index (χ1n) is 5.73. The molecule has 1 aromatic rings. The smallest absolute Gasteiger partial charge is 0.282 e. The molecule has 0 aromatic heterocycles. The predicted octanol–water partition coefficient (Wildman–Crippen LogP) is 2.87. The molecule has 0 amide bonds. The Labute approximate surface area is 134 Å². The van der Waals surface area contributed by atoms with Gasteiger partial charge in [0.2, 0.25) is 0 Å². The summed E-state index contributed by atoms with van der Waals surface area (Å²) in [6.07, 6.45) is 1.40. The minimum Gasteiger partial charge on any atom is -0.294 e. The van der Waals surface area contributed by atoms with Crippen LogP contribution < -0.4 is 0 Å². The van der Waals surface area contributed by atoms with E-state index in [9.17, 15) is 13.2 Å². The third kappa shape index (κ3) is 3.10. The van der Waals surface area contributed by atoms with Gasteiger partial charge in [0.15, 0.2) is 5.78 Å². The topological polar surface area (TPSA) is 63.6 Å². The lowest BCUT2D eigenvalue weighted by Gasteiger charge is -2.22. The van der Waals surface area contributed by atoms with Crippen molar-refractivity contribution in [2.45, 2.75) is 21.5 Å². The Bertz CT molecular complexity index is 696. The molecule has 4 nitrogen and oxygen atoms in total. The molecule has 0 spiro atoms. The van der Waals surface area contributed by atoms with Crippen molar-refractivity contribution in [1.82, 2.24) is 0 Å². The van der Waals surface area contributed by atoms with E-state index in [4.69, 9.17) is 0 Å². The summed E-state index contributed by atoms with van der Waals surface area (Å²) in [6.45, 7) is 1.67. The number of allylic oxidation sites excluding steroid dienone is 2. The van der Waals surface area contributed by atoms with Crippen LogP contribution >= 0.6 is 31.9 Å². The van der Waals surface area contributed by atoms with Gasteiger partial charge in [0.1, 0.15) is 0 Å². The normalized spacial score (nSPS) is 25.6. The van der Waals surface area contributed by atoms with E-state index in [0.717, 1.165) is 0 Å². The lowest BCUT2D eigenvalue weighted by molar-refractivity contribution is -0.113. The van der Waals surface area contributed by atoms with E-state index in [0.29, 0.717) is 11.3 Å². The van der Waals surface area contributed by atoms with Crippen molar-refractivity contribution in [1.29, 1.82) is 0 Å². The number of halogens is 2. The molecule has 0 saturated carbocycles. The minimum atomic E-state index is -3.78. The zero-order chi connectivity index (χ0) is 14.9. The number of nitrogens with zero attached hydrogens (tertiary/aromatic N) is 1. The van der Waals surface area contributed by atoms with Crippen LogP contribution in [0.1, 0.15) is 6.92 Å². The summed E-state index contributed by atoms with van der Waals surface area (Å²) in [4.78, 5) is 10.8. The summed E-state index contributed by atoms with van der Waals surface area (Å²) in [7, 11) is -3.78. The first-order valence-corrected chi connectivity index (χ1v) is 9.00. The molecule has 0 fully saturated rings. The fourth-order valence-electron chi connectivity index (χ4n) is 1.76. The number of carbonyl (C=O) groups excluding carboxylic acids is 1. The zero-order valence-corrected chi connectivity index (χ0v) is 14.4. The van der Waals surface area contributed by atoms with Gasteiger partial charge in [-0.3, -0.25) is 4.79 Å². The maximum absolute atomic E-state index is 12.2. The van der Waals surface area contributed by atoms with Crippen LogP contribution in [-0.2, 0) is 14.8 Å². The first kappa shape index (κ1) is 15.6. The maximum atomic E-state index is 12.2. The van der Waals surface area contributed by atoms with Gasteiger partial charge in [0, 0.05) is 0 Å². The Morgan fingerprint density at radius 2 is 1.70 bits per heavy atom. The Morgan fingerprint density at radius 3 is 2.30 bits per heavy atom. The highest BCUT2D eigenvalue weighted by Crippen LogP contribution is 2.27. The molecule has 1 aliphatic rings. The average molecular weight is 421 g/mol. The summed E-state index contributed by atoms with van der Waals surface area (Å²) in [5, 5.41) is 0. The van der Waals surface area contributed by atoms with Crippen LogP contribution in [0, 0.1) is 0 Å². The maximum Gasteiger partial charge on any atom is 0.282 e. The summed E-state index contributed by atoms with van der Waals surface area (Å²) in [5.74, 6) is -0.111. The molecule has 1 aliphatic carbocycles. The highest BCUT2D eigenvalue weighted by Gasteiger charge is 2.33. The van der Waals surface area contributed by atoms with Gasteiger partial charge in [-0.25, -0.2) is 0 Å². The zero-order valence-electron chi connectivity index (χ0n) is 10.5. The largest absolute Gasteiger partial charge is 0.294 e. The Morgan fingerprint density at radius 1 is 1.10 bits per heavy atom. The van der Waals surface area contributed by atoms with E-state index in [1.54, 1.807) is 25.1 Å². The van der Waals surface area contributed by atoms with Crippen LogP contribution in [0.25, 0.3) is 0 Å². The average Bonchev–Trinajstić information content (AvgIpc) is 2.42. The SMILES string of the molecule is CC1=CC(=O)C(Br)C(Br)C1=NS(=O)(=O)c1ccccc1. The molecule has 0 radical (unpaired) electrons. The molecule has 2 unspecified atom stereocenters. The van der Waals surface area contributed by atoms with Crippen LogP contribution in [0.4, 0.5) is 0 Å². The second-order valence-electron chi connectivity index (χ2n) is 4.30. The van der Waals surface area contributed by atoms with Crippen LogP contribution in [0.15, 0.2) is 51.3 Å². The number of alkyl halides is 2. The highest BCUT2D eigenvalue weighted by molar-refractivity contribution is 9.12. The van der Waals surface area contributed by atoms with Crippen LogP contribution in [0.2, 0.25) is 0 Å². The van der Waals surface area contributed by atoms with E-state index in [-0.39, 0.29) is 10.7 Å². The fourth-order valence-corrected chi connectivity index (χ4v) is 4.13. The predicted molar refractivity (Wildman–Crippen MR) is 85.3 cm³/mol. The van der Waals surface area contributed by atoms with Crippen molar-refractivity contribution >= 4 is 53.4 Å². The molecule has 0 aliphatic heterocycles. The molecule has 0 bridgehead atoms. The monoisotopic (exact) mass is 419 g/mol. The molecule has 0 heterocycles. The van der Waals surface area contributed by atoms with Crippen molar-refractivity contribution < 1.29 is 13.2 Å². The van der Waals surface area contributed by atoms with E-state index in [1.165, 1.54) is 18.2 Å². The van der Waals surface area contributed by atoms with Gasteiger partial charge >= 0.3 is 0 Å². The van der Waals surface area contributed by atoms with Crippen molar-refractivity contribution in [2.75, 3.05) is 0 Å². The molecule has 2 rings (SSSR count). The Kier molecular flexibility index (Phi) is 4.61. The van der Waals surface area contributed by atoms with Gasteiger partial charge in [-0.2, -0.15) is 12.8 Å². The summed E-state index contributed by atoms with van der Waals surface area (Å²) < 4.78 is 28.4. The molecule has 0 saturated heterocycles. The number of hydrogen-bond donors (Lipinski definition) is 0. The fraction of sp³-hybridized carbons (Fsp3) is 0.231. The molecule has 20 heavy (non-hydrogen) atoms. The molecule has 1 aromatic carbocycles. The van der Waals surface area contributed by atoms with Crippen molar-refractivity contribution in [2.24, 2.45) is 4.40 Å². The number of ketones is 1. The summed E-state index contributed by atoms with van der Waals surface area (Å²) in [6, 6.07) is 7.99. The van der Waals surface area contributed by atoms with Gasteiger partial charge in [0.05, 0.1) is 20.3 Å². The van der Waals surface area contributed by atoms with E-state index in [1.807, 2.05) is 0 Å². The van der Waals surface area contributed by atoms with Gasteiger partial charge < -0.3 is 0 Å². The molecule has 106 valence electrons. The number of benzene rings is 1. The minimum absolute atomic E-state index is 0.111. The quantitative estimate of drug-likeness (QED) is 0.691. The van der Waals surface area contributed by atoms with Crippen molar-refractivity contribution in [3.63, 3.8) is 0 Å². The lowest BCUT2D eigenvalue weighted by atomic mass is 9.98. The van der Waals surface area contributed by atoms with Crippen LogP contribution in [0.5, 0.6) is 0 Å². The van der Waals surface area contributed by atoms with Gasteiger partial charge in [-0.15, -0.1) is 0 Å². The van der Waals surface area contributed by atoms with Crippen molar-refractivity contribution in [3.05, 3.63) is 42.0 Å². The number of hydrogen-bond acceptors (Lipinski definition) is 3. The number of sulfonamides is 1. The second kappa shape index (κ2) is 5.91. The highest BCUT2D eigenvalue weighted by atomic mass is 79.9. The van der Waals surface area contributed by atoms with Crippen LogP contribution in [-0.4, -0.2) is 29.6 Å². The third-order valence-corrected chi connectivity index (χ3v) is 6.77. The van der Waals surface area contributed by atoms with Crippen molar-refractivity contribution in [3.8, 4) is 0 Å². The molecule has 7 heteroatoms. The number of carbonyl (C=O) groups is 1. The molecule has 0 N–H and O–H groups in total. The summed E-state index contributed by atoms with van der Waals surface area (Å²) >= 11 is 6.56. The standard InChI is InChI=1S/C13H11Br2NO3S/c1-8-7-10(17)11(14)12(15)13(8)16-20(18,19)9-5-3-2-4-6-9/h2-7,11-12H,1H3. The first-order chi connectivity index (χ1) is 9.33. The molecular formula is C13H11Br2NO3S. The van der Waals surface area contributed by atoms with Gasteiger partial charge in [0.25, 0.3) is 10.0 Å². The van der Waals surface area contributed by atoms with Gasteiger partial charge in [-0.05, 0) is 30.7 Å². The van der Waals surface area contributed by atoms with E-state index in [2.05, 4.69) is 36.3 Å². The van der Waals surface area contributed by atoms with E-state index >= 15 is 0 Å². The van der Waals surface area contributed by atoms with Crippen LogP contribution in [0.3, 0.4) is 0 Å². The summed E-state index contributed by atoms with van der Waals surface area (Å²) in [5.41, 5.74) is 0.891.